The lowest BCUT2D eigenvalue weighted by Crippen LogP contribution is -2.21. The van der Waals surface area contributed by atoms with E-state index in [1.807, 2.05) is 6.20 Å². The van der Waals surface area contributed by atoms with Crippen LogP contribution in [0.3, 0.4) is 0 Å². The molecule has 1 N–H and O–H groups in total. The fourth-order valence-electron chi connectivity index (χ4n) is 2.59. The van der Waals surface area contributed by atoms with Gasteiger partial charge in [-0.2, -0.15) is 0 Å². The number of nitrogens with zero attached hydrogens (tertiary/aromatic N) is 2. The number of aromatic nitrogens is 2. The molecule has 1 aromatic carbocycles. The highest BCUT2D eigenvalue weighted by Gasteiger charge is 2.20. The third kappa shape index (κ3) is 2.69. The van der Waals surface area contributed by atoms with Gasteiger partial charge in [-0.1, -0.05) is 42.1 Å². The minimum absolute atomic E-state index is 0.223. The summed E-state index contributed by atoms with van der Waals surface area (Å²) in [4.78, 5) is 1.18. The number of rotatable bonds is 5. The van der Waals surface area contributed by atoms with Gasteiger partial charge in [0.15, 0.2) is 0 Å². The lowest BCUT2D eigenvalue weighted by Gasteiger charge is -2.26. The second-order valence-electron chi connectivity index (χ2n) is 5.11. The topological polar surface area (TPSA) is 37.8 Å². The smallest absolute Gasteiger partial charge is 0.0703 e. The summed E-state index contributed by atoms with van der Waals surface area (Å²) >= 11 is 1.47. The third-order valence-corrected chi connectivity index (χ3v) is 4.65. The zero-order valence-electron chi connectivity index (χ0n) is 11.2. The summed E-state index contributed by atoms with van der Waals surface area (Å²) in [6.45, 7) is 3.07. The van der Waals surface area contributed by atoms with Crippen molar-refractivity contribution in [2.24, 2.45) is 0 Å². The first-order valence-electron chi connectivity index (χ1n) is 6.99. The average Bonchev–Trinajstić information content (AvgIpc) is 2.89. The van der Waals surface area contributed by atoms with E-state index in [9.17, 15) is 0 Å². The second-order valence-corrected chi connectivity index (χ2v) is 5.92. The molecular formula is C15H19N3S. The van der Waals surface area contributed by atoms with Crippen molar-refractivity contribution in [1.82, 2.24) is 14.9 Å². The average molecular weight is 273 g/mol. The molecule has 100 valence electrons. The van der Waals surface area contributed by atoms with Crippen LogP contribution in [0.4, 0.5) is 0 Å². The van der Waals surface area contributed by atoms with Crippen LogP contribution in [0.25, 0.3) is 0 Å². The van der Waals surface area contributed by atoms with Crippen LogP contribution < -0.4 is 5.32 Å². The number of benzene rings is 1. The number of hydrogen-bond acceptors (Lipinski definition) is 4. The molecule has 0 amide bonds. The van der Waals surface area contributed by atoms with Gasteiger partial charge in [0.2, 0.25) is 0 Å². The van der Waals surface area contributed by atoms with Crippen LogP contribution in [0.2, 0.25) is 0 Å². The largest absolute Gasteiger partial charge is 0.306 e. The van der Waals surface area contributed by atoms with Crippen molar-refractivity contribution in [1.29, 1.82) is 0 Å². The molecule has 3 nitrogen and oxygen atoms in total. The molecule has 2 aromatic rings. The summed E-state index contributed by atoms with van der Waals surface area (Å²) in [5.41, 5.74) is 2.80. The maximum absolute atomic E-state index is 3.97. The number of hydrogen-bond donors (Lipinski definition) is 1. The van der Waals surface area contributed by atoms with Crippen LogP contribution in [0, 0.1) is 0 Å². The molecule has 1 aliphatic rings. The molecule has 0 bridgehead atoms. The maximum Gasteiger partial charge on any atom is 0.0703 e. The summed E-state index contributed by atoms with van der Waals surface area (Å²) in [5, 5.41) is 7.46. The van der Waals surface area contributed by atoms with Gasteiger partial charge in [-0.25, -0.2) is 0 Å². The Hall–Kier alpha value is -1.26. The van der Waals surface area contributed by atoms with E-state index >= 15 is 0 Å². The predicted octanol–water partition coefficient (Wildman–Crippen LogP) is 3.50. The van der Waals surface area contributed by atoms with E-state index < -0.39 is 0 Å². The first kappa shape index (κ1) is 12.8. The zero-order valence-corrected chi connectivity index (χ0v) is 12.0. The van der Waals surface area contributed by atoms with Gasteiger partial charge in [-0.05, 0) is 48.0 Å². The van der Waals surface area contributed by atoms with Gasteiger partial charge in [-0.3, -0.25) is 0 Å². The van der Waals surface area contributed by atoms with Crippen LogP contribution in [0.15, 0.2) is 30.5 Å². The van der Waals surface area contributed by atoms with E-state index in [0.29, 0.717) is 0 Å². The monoisotopic (exact) mass is 273 g/mol. The van der Waals surface area contributed by atoms with Gasteiger partial charge >= 0.3 is 0 Å². The van der Waals surface area contributed by atoms with E-state index in [4.69, 9.17) is 0 Å². The van der Waals surface area contributed by atoms with E-state index in [0.717, 1.165) is 12.5 Å². The van der Waals surface area contributed by atoms with Crippen LogP contribution >= 0.6 is 11.5 Å². The lowest BCUT2D eigenvalue weighted by molar-refractivity contribution is 0.419. The van der Waals surface area contributed by atoms with E-state index in [1.54, 1.807) is 0 Å². The fraction of sp³-hybridized carbons (Fsp3) is 0.467. The van der Waals surface area contributed by atoms with Crippen molar-refractivity contribution in [2.75, 3.05) is 6.54 Å². The summed E-state index contributed by atoms with van der Waals surface area (Å²) in [6.07, 6.45) is 5.96. The fourth-order valence-corrected chi connectivity index (χ4v) is 3.20. The van der Waals surface area contributed by atoms with Crippen molar-refractivity contribution >= 4 is 11.5 Å². The Balaban J connectivity index is 1.81. The molecule has 1 aromatic heterocycles. The Labute approximate surface area is 118 Å². The normalized spacial score (nSPS) is 17.1. The molecule has 1 atom stereocenters. The first-order valence-corrected chi connectivity index (χ1v) is 7.76. The molecule has 0 saturated heterocycles. The molecule has 0 aliphatic heterocycles. The number of nitrogens with one attached hydrogen (secondary N) is 1. The molecule has 1 saturated carbocycles. The minimum Gasteiger partial charge on any atom is -0.306 e. The van der Waals surface area contributed by atoms with Gasteiger partial charge in [0.1, 0.15) is 0 Å². The van der Waals surface area contributed by atoms with Gasteiger partial charge in [-0.15, -0.1) is 5.10 Å². The minimum atomic E-state index is 0.223. The van der Waals surface area contributed by atoms with Crippen molar-refractivity contribution in [3.05, 3.63) is 46.5 Å². The molecule has 3 rings (SSSR count). The Bertz CT molecular complexity index is 503. The Morgan fingerprint density at radius 3 is 2.63 bits per heavy atom. The molecule has 1 unspecified atom stereocenters. The Morgan fingerprint density at radius 2 is 2.11 bits per heavy atom. The molecule has 19 heavy (non-hydrogen) atoms. The summed E-state index contributed by atoms with van der Waals surface area (Å²) in [7, 11) is 0. The highest BCUT2D eigenvalue weighted by molar-refractivity contribution is 7.05. The molecule has 0 radical (unpaired) electrons. The predicted molar refractivity (Wildman–Crippen MR) is 78.5 cm³/mol. The first-order chi connectivity index (χ1) is 9.38. The SMILES string of the molecule is CCNC(c1ccc(C2CCC2)cc1)c1cnns1. The summed E-state index contributed by atoms with van der Waals surface area (Å²) in [6, 6.07) is 9.30. The van der Waals surface area contributed by atoms with E-state index in [1.165, 1.54) is 46.8 Å². The van der Waals surface area contributed by atoms with Crippen molar-refractivity contribution in [3.63, 3.8) is 0 Å². The van der Waals surface area contributed by atoms with Crippen LogP contribution in [0.1, 0.15) is 54.1 Å². The molecule has 0 spiro atoms. The third-order valence-electron chi connectivity index (χ3n) is 3.92. The van der Waals surface area contributed by atoms with Crippen LogP contribution in [-0.4, -0.2) is 16.1 Å². The van der Waals surface area contributed by atoms with Crippen LogP contribution in [0.5, 0.6) is 0 Å². The lowest BCUT2D eigenvalue weighted by atomic mass is 9.80. The van der Waals surface area contributed by atoms with E-state index in [2.05, 4.69) is 46.1 Å². The van der Waals surface area contributed by atoms with Crippen molar-refractivity contribution in [3.8, 4) is 0 Å². The maximum atomic E-state index is 3.97. The second kappa shape index (κ2) is 5.80. The summed E-state index contributed by atoms with van der Waals surface area (Å²) in [5.74, 6) is 0.803. The van der Waals surface area contributed by atoms with E-state index in [-0.39, 0.29) is 6.04 Å². The molecule has 1 heterocycles. The van der Waals surface area contributed by atoms with Gasteiger partial charge in [0.25, 0.3) is 0 Å². The molecule has 1 aliphatic carbocycles. The van der Waals surface area contributed by atoms with Gasteiger partial charge in [0, 0.05) is 0 Å². The van der Waals surface area contributed by atoms with Gasteiger partial charge < -0.3 is 5.32 Å². The zero-order chi connectivity index (χ0) is 13.1. The summed E-state index contributed by atoms with van der Waals surface area (Å²) < 4.78 is 3.97. The standard InChI is InChI=1S/C15H19N3S/c1-2-16-15(14-10-17-18-19-14)13-8-6-12(7-9-13)11-4-3-5-11/h6-11,15-16H,2-5H2,1H3. The quantitative estimate of drug-likeness (QED) is 0.906. The molecule has 4 heteroatoms. The Morgan fingerprint density at radius 1 is 1.32 bits per heavy atom. The molecular weight excluding hydrogens is 254 g/mol. The molecule has 1 fully saturated rings. The van der Waals surface area contributed by atoms with Crippen LogP contribution in [-0.2, 0) is 0 Å². The highest BCUT2D eigenvalue weighted by Crippen LogP contribution is 2.36. The Kier molecular flexibility index (Phi) is 3.89. The van der Waals surface area contributed by atoms with Crippen molar-refractivity contribution in [2.45, 2.75) is 38.1 Å². The van der Waals surface area contributed by atoms with Gasteiger partial charge in [0.05, 0.1) is 17.1 Å². The van der Waals surface area contributed by atoms with Crippen molar-refractivity contribution < 1.29 is 0 Å². The highest BCUT2D eigenvalue weighted by atomic mass is 32.1.